The van der Waals surface area contributed by atoms with Crippen molar-refractivity contribution in [2.45, 2.75) is 65.3 Å². The van der Waals surface area contributed by atoms with Crippen molar-refractivity contribution in [3.63, 3.8) is 0 Å². The van der Waals surface area contributed by atoms with Crippen LogP contribution in [0.3, 0.4) is 0 Å². The third-order valence-electron chi connectivity index (χ3n) is 7.49. The van der Waals surface area contributed by atoms with Crippen molar-refractivity contribution in [3.05, 3.63) is 53.3 Å². The minimum atomic E-state index is -0.445. The Kier molecular flexibility index (Phi) is 9.69. The van der Waals surface area contributed by atoms with Gasteiger partial charge in [-0.05, 0) is 75.9 Å². The Morgan fingerprint density at radius 3 is 2.13 bits per heavy atom. The highest BCUT2D eigenvalue weighted by molar-refractivity contribution is 5.68. The van der Waals surface area contributed by atoms with Crippen LogP contribution in [-0.2, 0) is 17.8 Å². The molecular weight excluding hydrogens is 490 g/mol. The third kappa shape index (κ3) is 9.37. The topological polar surface area (TPSA) is 104 Å². The Hall–Kier alpha value is -2.88. The average Bonchev–Trinajstić information content (AvgIpc) is 3.72. The fraction of sp³-hybridized carbons (Fsp3) is 0.600. The van der Waals surface area contributed by atoms with Gasteiger partial charge in [-0.3, -0.25) is 19.7 Å². The minimum Gasteiger partial charge on any atom is -0.444 e. The van der Waals surface area contributed by atoms with E-state index < -0.39 is 5.60 Å². The molecule has 214 valence electrons. The smallest absolute Gasteiger partial charge is 0.410 e. The van der Waals surface area contributed by atoms with Crippen LogP contribution >= 0.6 is 0 Å². The molecule has 4 N–H and O–H groups in total. The summed E-state index contributed by atoms with van der Waals surface area (Å²) >= 11 is 0. The number of ether oxygens (including phenoxy) is 1. The van der Waals surface area contributed by atoms with E-state index in [1.807, 2.05) is 32.9 Å². The van der Waals surface area contributed by atoms with Crippen molar-refractivity contribution < 1.29 is 9.53 Å². The molecule has 0 bridgehead atoms. The number of carbonyl (C=O) groups is 1. The molecular formula is C30H47N7O2. The van der Waals surface area contributed by atoms with Gasteiger partial charge in [-0.15, -0.1) is 0 Å². The van der Waals surface area contributed by atoms with Crippen LogP contribution in [0.15, 0.2) is 36.5 Å². The van der Waals surface area contributed by atoms with Crippen LogP contribution in [0.1, 0.15) is 50.4 Å². The third-order valence-corrected chi connectivity index (χ3v) is 7.49. The number of anilines is 2. The summed E-state index contributed by atoms with van der Waals surface area (Å²) in [5.41, 5.74) is 16.5. The zero-order chi connectivity index (χ0) is 28.0. The lowest BCUT2D eigenvalue weighted by Crippen LogP contribution is -2.49. The van der Waals surface area contributed by atoms with Gasteiger partial charge in [0.05, 0.1) is 5.69 Å². The standard InChI is InChI=1S/C15H24N4O2.C15H23N3/c1-15(2,3)21-14(20)19-8-6-18(7-9-19)11-13-10-12(16)4-5-17-13;1-12-2-3-14(16)10-13(12)11-17-6-8-18(9-7-17)15-4-5-15/h4-5,10H,6-9,11H2,1-3H3,(H2,16,17);2-3,10,15H,4-9,11,16H2,1H3. The van der Waals surface area contributed by atoms with Gasteiger partial charge in [-0.2, -0.15) is 0 Å². The van der Waals surface area contributed by atoms with Gasteiger partial charge in [-0.25, -0.2) is 4.79 Å². The molecule has 0 atom stereocenters. The molecule has 9 nitrogen and oxygen atoms in total. The number of aryl methyl sites for hydroxylation is 1. The molecule has 1 aliphatic carbocycles. The molecule has 39 heavy (non-hydrogen) atoms. The second kappa shape index (κ2) is 13.0. The monoisotopic (exact) mass is 537 g/mol. The summed E-state index contributed by atoms with van der Waals surface area (Å²) in [6.07, 6.45) is 4.34. The molecule has 1 saturated carbocycles. The normalized spacial score (nSPS) is 19.3. The van der Waals surface area contributed by atoms with Gasteiger partial charge in [-0.1, -0.05) is 6.07 Å². The number of carbonyl (C=O) groups excluding carboxylic acids is 1. The van der Waals surface area contributed by atoms with Crippen LogP contribution in [0, 0.1) is 6.92 Å². The predicted octanol–water partition coefficient (Wildman–Crippen LogP) is 3.57. The highest BCUT2D eigenvalue weighted by atomic mass is 16.6. The number of piperazine rings is 2. The van der Waals surface area contributed by atoms with E-state index in [9.17, 15) is 4.79 Å². The first-order valence-electron chi connectivity index (χ1n) is 14.3. The van der Waals surface area contributed by atoms with Crippen LogP contribution in [-0.4, -0.2) is 94.7 Å². The Bertz CT molecular complexity index is 1080. The summed E-state index contributed by atoms with van der Waals surface area (Å²) in [6, 6.07) is 10.8. The van der Waals surface area contributed by atoms with Crippen LogP contribution in [0.4, 0.5) is 16.2 Å². The number of hydrogen-bond acceptors (Lipinski definition) is 8. The average molecular weight is 538 g/mol. The van der Waals surface area contributed by atoms with E-state index >= 15 is 0 Å². The number of aromatic nitrogens is 1. The zero-order valence-corrected chi connectivity index (χ0v) is 24.2. The lowest BCUT2D eigenvalue weighted by Gasteiger charge is -2.35. The van der Waals surface area contributed by atoms with Crippen LogP contribution in [0.5, 0.6) is 0 Å². The minimum absolute atomic E-state index is 0.232. The molecule has 0 unspecified atom stereocenters. The maximum absolute atomic E-state index is 12.0. The Labute approximate surface area is 234 Å². The molecule has 0 radical (unpaired) electrons. The van der Waals surface area contributed by atoms with Crippen LogP contribution < -0.4 is 11.5 Å². The van der Waals surface area contributed by atoms with Gasteiger partial charge in [0.25, 0.3) is 0 Å². The number of nitrogens with zero attached hydrogens (tertiary/aromatic N) is 5. The van der Waals surface area contributed by atoms with E-state index in [-0.39, 0.29) is 6.09 Å². The second-order valence-electron chi connectivity index (χ2n) is 12.1. The number of hydrogen-bond donors (Lipinski definition) is 2. The molecule has 1 aromatic heterocycles. The maximum atomic E-state index is 12.0. The summed E-state index contributed by atoms with van der Waals surface area (Å²) in [5, 5.41) is 0. The SMILES string of the molecule is CC(C)(C)OC(=O)N1CCN(Cc2cc(N)ccn2)CC1.Cc1ccc(N)cc1CN1CCN(C2CC2)CC1. The van der Waals surface area contributed by atoms with Crippen molar-refractivity contribution in [1.29, 1.82) is 0 Å². The molecule has 1 aromatic carbocycles. The molecule has 1 amide bonds. The van der Waals surface area contributed by atoms with E-state index in [4.69, 9.17) is 16.2 Å². The molecule has 0 spiro atoms. The molecule has 3 aliphatic rings. The van der Waals surface area contributed by atoms with E-state index in [0.717, 1.165) is 49.3 Å². The molecule has 5 rings (SSSR count). The Morgan fingerprint density at radius 2 is 1.51 bits per heavy atom. The molecule has 2 aliphatic heterocycles. The first kappa shape index (κ1) is 29.1. The van der Waals surface area contributed by atoms with Crippen molar-refractivity contribution in [2.75, 3.05) is 63.8 Å². The number of rotatable bonds is 5. The van der Waals surface area contributed by atoms with Gasteiger partial charge in [0.15, 0.2) is 0 Å². The van der Waals surface area contributed by atoms with Crippen molar-refractivity contribution in [2.24, 2.45) is 0 Å². The van der Waals surface area contributed by atoms with E-state index in [2.05, 4.69) is 38.7 Å². The van der Waals surface area contributed by atoms with Crippen molar-refractivity contribution in [3.8, 4) is 0 Å². The predicted molar refractivity (Wildman–Crippen MR) is 157 cm³/mol. The first-order valence-corrected chi connectivity index (χ1v) is 14.3. The summed E-state index contributed by atoms with van der Waals surface area (Å²) in [6.45, 7) is 17.5. The lowest BCUT2D eigenvalue weighted by molar-refractivity contribution is 0.0138. The highest BCUT2D eigenvalue weighted by Crippen LogP contribution is 2.28. The van der Waals surface area contributed by atoms with E-state index in [1.54, 1.807) is 17.2 Å². The lowest BCUT2D eigenvalue weighted by atomic mass is 10.1. The van der Waals surface area contributed by atoms with Gasteiger partial charge in [0, 0.05) is 89.1 Å². The van der Waals surface area contributed by atoms with Crippen LogP contribution in [0.2, 0.25) is 0 Å². The van der Waals surface area contributed by atoms with Gasteiger partial charge >= 0.3 is 6.09 Å². The molecule has 2 saturated heterocycles. The number of nitrogens with two attached hydrogens (primary N) is 2. The summed E-state index contributed by atoms with van der Waals surface area (Å²) in [5.74, 6) is 0. The van der Waals surface area contributed by atoms with E-state index in [1.165, 1.54) is 50.1 Å². The summed E-state index contributed by atoms with van der Waals surface area (Å²) in [4.78, 5) is 25.5. The fourth-order valence-corrected chi connectivity index (χ4v) is 5.06. The van der Waals surface area contributed by atoms with Gasteiger partial charge < -0.3 is 21.1 Å². The molecule has 3 heterocycles. The number of nitrogen functional groups attached to an aromatic ring is 2. The largest absolute Gasteiger partial charge is 0.444 e. The molecule has 2 aromatic rings. The number of benzene rings is 1. The zero-order valence-electron chi connectivity index (χ0n) is 24.2. The fourth-order valence-electron chi connectivity index (χ4n) is 5.06. The second-order valence-corrected chi connectivity index (χ2v) is 12.1. The number of pyridine rings is 1. The molecule has 9 heteroatoms. The quantitative estimate of drug-likeness (QED) is 0.558. The maximum Gasteiger partial charge on any atom is 0.410 e. The Balaban J connectivity index is 0.000000183. The van der Waals surface area contributed by atoms with Crippen molar-refractivity contribution in [1.82, 2.24) is 24.6 Å². The number of amides is 1. The summed E-state index contributed by atoms with van der Waals surface area (Å²) < 4.78 is 5.39. The van der Waals surface area contributed by atoms with Gasteiger partial charge in [0.1, 0.15) is 5.60 Å². The summed E-state index contributed by atoms with van der Waals surface area (Å²) in [7, 11) is 0. The van der Waals surface area contributed by atoms with Gasteiger partial charge in [0.2, 0.25) is 0 Å². The highest BCUT2D eigenvalue weighted by Gasteiger charge is 2.31. The molecule has 3 fully saturated rings. The van der Waals surface area contributed by atoms with Crippen molar-refractivity contribution >= 4 is 17.5 Å². The first-order chi connectivity index (χ1) is 18.6. The van der Waals surface area contributed by atoms with E-state index in [0.29, 0.717) is 13.1 Å². The Morgan fingerprint density at radius 1 is 0.897 bits per heavy atom. The van der Waals surface area contributed by atoms with Crippen LogP contribution in [0.25, 0.3) is 0 Å².